The van der Waals surface area contributed by atoms with Crippen molar-refractivity contribution in [2.24, 2.45) is 0 Å². The first-order valence-corrected chi connectivity index (χ1v) is 7.58. The molecule has 0 saturated carbocycles. The minimum absolute atomic E-state index is 0.102. The third kappa shape index (κ3) is 2.55. The van der Waals surface area contributed by atoms with Gasteiger partial charge in [0.05, 0.1) is 0 Å². The van der Waals surface area contributed by atoms with Crippen molar-refractivity contribution in [2.45, 2.75) is 30.8 Å². The number of hydrogen-bond donors (Lipinski definition) is 1. The number of rotatable bonds is 2. The summed E-state index contributed by atoms with van der Waals surface area (Å²) in [5.74, 6) is -4.87. The molecule has 0 bridgehead atoms. The molecule has 4 nitrogen and oxygen atoms in total. The molecule has 20 heavy (non-hydrogen) atoms. The molecule has 1 aliphatic rings. The second kappa shape index (κ2) is 5.34. The molecule has 8 heteroatoms. The number of sulfonamides is 1. The van der Waals surface area contributed by atoms with E-state index in [2.05, 4.69) is 5.32 Å². The van der Waals surface area contributed by atoms with Crippen LogP contribution in [0.5, 0.6) is 0 Å². The van der Waals surface area contributed by atoms with Gasteiger partial charge in [-0.1, -0.05) is 0 Å². The Hall–Kier alpha value is -1.12. The molecule has 0 aromatic heterocycles. The lowest BCUT2D eigenvalue weighted by Gasteiger charge is -2.36. The molecule has 0 aliphatic carbocycles. The lowest BCUT2D eigenvalue weighted by molar-refractivity contribution is 0.243. The number of nitrogens with zero attached hydrogens (tertiary/aromatic N) is 1. The Balaban J connectivity index is 2.47. The molecule has 2 rings (SSSR count). The highest BCUT2D eigenvalue weighted by atomic mass is 32.2. The quantitative estimate of drug-likeness (QED) is 0.842. The minimum atomic E-state index is -4.20. The molecule has 2 atom stereocenters. The van der Waals surface area contributed by atoms with Gasteiger partial charge < -0.3 is 5.32 Å². The van der Waals surface area contributed by atoms with Crippen molar-refractivity contribution >= 4 is 10.0 Å². The van der Waals surface area contributed by atoms with Gasteiger partial charge in [-0.2, -0.15) is 4.31 Å². The Morgan fingerprint density at radius 1 is 1.20 bits per heavy atom. The molecule has 0 amide bonds. The van der Waals surface area contributed by atoms with Crippen molar-refractivity contribution < 1.29 is 21.6 Å². The molecular weight excluding hydrogens is 293 g/mol. The Morgan fingerprint density at radius 3 is 2.50 bits per heavy atom. The Kier molecular flexibility index (Phi) is 4.08. The SMILES string of the molecule is CC1CN(S(=O)(=O)c2ccc(F)c(F)c2F)C(C)CN1. The zero-order valence-corrected chi connectivity index (χ0v) is 11.8. The van der Waals surface area contributed by atoms with Gasteiger partial charge in [-0.25, -0.2) is 21.6 Å². The van der Waals surface area contributed by atoms with Gasteiger partial charge in [0, 0.05) is 25.2 Å². The lowest BCUT2D eigenvalue weighted by Crippen LogP contribution is -2.56. The van der Waals surface area contributed by atoms with Crippen LogP contribution in [0.2, 0.25) is 0 Å². The van der Waals surface area contributed by atoms with Gasteiger partial charge >= 0.3 is 0 Å². The second-order valence-electron chi connectivity index (χ2n) is 4.91. The highest BCUT2D eigenvalue weighted by molar-refractivity contribution is 7.89. The summed E-state index contributed by atoms with van der Waals surface area (Å²) in [6.45, 7) is 4.00. The van der Waals surface area contributed by atoms with E-state index in [1.54, 1.807) is 13.8 Å². The van der Waals surface area contributed by atoms with Crippen molar-refractivity contribution in [3.05, 3.63) is 29.6 Å². The Morgan fingerprint density at radius 2 is 1.85 bits per heavy atom. The number of piperazine rings is 1. The van der Waals surface area contributed by atoms with Crippen molar-refractivity contribution in [3.63, 3.8) is 0 Å². The molecule has 0 spiro atoms. The van der Waals surface area contributed by atoms with Crippen LogP contribution in [0.25, 0.3) is 0 Å². The van der Waals surface area contributed by atoms with Crippen LogP contribution in [0.4, 0.5) is 13.2 Å². The Labute approximate surface area is 115 Å². The van der Waals surface area contributed by atoms with E-state index < -0.39 is 38.4 Å². The number of hydrogen-bond acceptors (Lipinski definition) is 3. The van der Waals surface area contributed by atoms with Gasteiger partial charge in [-0.05, 0) is 26.0 Å². The van der Waals surface area contributed by atoms with Crippen LogP contribution in [-0.4, -0.2) is 37.9 Å². The van der Waals surface area contributed by atoms with Gasteiger partial charge in [-0.3, -0.25) is 0 Å². The molecule has 1 aromatic rings. The normalized spacial score (nSPS) is 24.9. The molecule has 1 aromatic carbocycles. The monoisotopic (exact) mass is 308 g/mol. The number of halogens is 3. The summed E-state index contributed by atoms with van der Waals surface area (Å²) in [7, 11) is -4.20. The average molecular weight is 308 g/mol. The van der Waals surface area contributed by atoms with E-state index in [4.69, 9.17) is 0 Å². The molecule has 1 saturated heterocycles. The van der Waals surface area contributed by atoms with Crippen molar-refractivity contribution in [3.8, 4) is 0 Å². The third-order valence-corrected chi connectivity index (χ3v) is 5.29. The fourth-order valence-corrected chi connectivity index (χ4v) is 3.93. The largest absolute Gasteiger partial charge is 0.311 e. The zero-order chi connectivity index (χ0) is 15.1. The highest BCUT2D eigenvalue weighted by Gasteiger charge is 2.36. The molecule has 1 heterocycles. The summed E-state index contributed by atoms with van der Waals surface area (Å²) in [4.78, 5) is -0.836. The number of nitrogens with one attached hydrogen (secondary N) is 1. The van der Waals surface area contributed by atoms with E-state index in [0.29, 0.717) is 12.6 Å². The van der Waals surface area contributed by atoms with Gasteiger partial charge in [-0.15, -0.1) is 0 Å². The maximum absolute atomic E-state index is 13.7. The zero-order valence-electron chi connectivity index (χ0n) is 11.0. The summed E-state index contributed by atoms with van der Waals surface area (Å²) < 4.78 is 65.7. The summed E-state index contributed by atoms with van der Waals surface area (Å²) >= 11 is 0. The van der Waals surface area contributed by atoms with Crippen molar-refractivity contribution in [1.29, 1.82) is 0 Å². The van der Waals surface area contributed by atoms with Crippen molar-refractivity contribution in [2.75, 3.05) is 13.1 Å². The summed E-state index contributed by atoms with van der Waals surface area (Å²) in [5, 5.41) is 3.09. The van der Waals surface area contributed by atoms with E-state index in [9.17, 15) is 21.6 Å². The second-order valence-corrected chi connectivity index (χ2v) is 6.77. The van der Waals surface area contributed by atoms with Crippen LogP contribution in [-0.2, 0) is 10.0 Å². The first-order valence-electron chi connectivity index (χ1n) is 6.14. The van der Waals surface area contributed by atoms with Gasteiger partial charge in [0.2, 0.25) is 10.0 Å². The van der Waals surface area contributed by atoms with Crippen molar-refractivity contribution in [1.82, 2.24) is 9.62 Å². The molecule has 1 N–H and O–H groups in total. The molecule has 112 valence electrons. The Bertz CT molecular complexity index is 621. The fourth-order valence-electron chi connectivity index (χ4n) is 2.16. The van der Waals surface area contributed by atoms with Crippen LogP contribution in [0.3, 0.4) is 0 Å². The first kappa shape index (κ1) is 15.3. The highest BCUT2D eigenvalue weighted by Crippen LogP contribution is 2.25. The smallest absolute Gasteiger partial charge is 0.246 e. The predicted molar refractivity (Wildman–Crippen MR) is 67.1 cm³/mol. The van der Waals surface area contributed by atoms with E-state index >= 15 is 0 Å². The minimum Gasteiger partial charge on any atom is -0.311 e. The van der Waals surface area contributed by atoms with Crippen LogP contribution in [0, 0.1) is 17.5 Å². The van der Waals surface area contributed by atoms with Crippen LogP contribution < -0.4 is 5.32 Å². The fraction of sp³-hybridized carbons (Fsp3) is 0.500. The molecule has 1 fully saturated rings. The average Bonchev–Trinajstić information content (AvgIpc) is 2.38. The summed E-state index contributed by atoms with van der Waals surface area (Å²) in [6, 6.07) is 0.863. The van der Waals surface area contributed by atoms with Gasteiger partial charge in [0.25, 0.3) is 0 Å². The number of benzene rings is 1. The van der Waals surface area contributed by atoms with Crippen LogP contribution in [0.1, 0.15) is 13.8 Å². The van der Waals surface area contributed by atoms with E-state index in [0.717, 1.165) is 10.4 Å². The first-order chi connectivity index (χ1) is 9.25. The third-order valence-electron chi connectivity index (χ3n) is 3.29. The van der Waals surface area contributed by atoms with E-state index in [1.807, 2.05) is 0 Å². The maximum atomic E-state index is 13.7. The van der Waals surface area contributed by atoms with E-state index in [1.165, 1.54) is 0 Å². The van der Waals surface area contributed by atoms with Crippen LogP contribution in [0.15, 0.2) is 17.0 Å². The van der Waals surface area contributed by atoms with E-state index in [-0.39, 0.29) is 12.6 Å². The van der Waals surface area contributed by atoms with Crippen LogP contribution >= 0.6 is 0 Å². The molecule has 1 aliphatic heterocycles. The predicted octanol–water partition coefficient (Wildman–Crippen LogP) is 1.47. The summed E-state index contributed by atoms with van der Waals surface area (Å²) in [5.41, 5.74) is 0. The topological polar surface area (TPSA) is 49.4 Å². The summed E-state index contributed by atoms with van der Waals surface area (Å²) in [6.07, 6.45) is 0. The molecular formula is C12H15F3N2O2S. The van der Waals surface area contributed by atoms with Gasteiger partial charge in [0.15, 0.2) is 17.5 Å². The van der Waals surface area contributed by atoms with Gasteiger partial charge in [0.1, 0.15) is 4.90 Å². The standard InChI is InChI=1S/C12H15F3N2O2S/c1-7-6-17(8(2)5-16-7)20(18,19)10-4-3-9(13)11(14)12(10)15/h3-4,7-8,16H,5-6H2,1-2H3. The lowest BCUT2D eigenvalue weighted by atomic mass is 10.2. The maximum Gasteiger partial charge on any atom is 0.246 e. The molecule has 0 radical (unpaired) electrons. The molecule has 2 unspecified atom stereocenters.